The molecular formula is C19H51BrN4O7P2. The summed E-state index contributed by atoms with van der Waals surface area (Å²) in [5.74, 6) is 0. The van der Waals surface area contributed by atoms with Crippen LogP contribution in [0.15, 0.2) is 0 Å². The van der Waals surface area contributed by atoms with Crippen LogP contribution in [-0.2, 0) is 27.2 Å². The van der Waals surface area contributed by atoms with Crippen LogP contribution in [0.5, 0.6) is 0 Å². The van der Waals surface area contributed by atoms with Gasteiger partial charge in [-0.05, 0) is 66.7 Å². The van der Waals surface area contributed by atoms with Gasteiger partial charge in [0.05, 0.1) is 38.8 Å². The third-order valence-electron chi connectivity index (χ3n) is 3.19. The molecule has 0 fully saturated rings. The van der Waals surface area contributed by atoms with Crippen LogP contribution < -0.4 is 22.5 Å². The minimum Gasteiger partial charge on any atom is -0.400 e. The van der Waals surface area contributed by atoms with E-state index in [0.717, 1.165) is 39.6 Å². The molecule has 206 valence electrons. The third-order valence-corrected chi connectivity index (χ3v) is 8.35. The Balaban J connectivity index is -0.000000204. The number of rotatable bonds is 18. The molecule has 0 aliphatic carbocycles. The normalized spacial score (nSPS) is 10.8. The molecule has 11 nitrogen and oxygen atoms in total. The van der Waals surface area contributed by atoms with Crippen LogP contribution in [0.1, 0.15) is 40.5 Å². The van der Waals surface area contributed by atoms with Crippen molar-refractivity contribution in [2.75, 3.05) is 83.9 Å². The summed E-state index contributed by atoms with van der Waals surface area (Å²) < 4.78 is 43.8. The summed E-state index contributed by atoms with van der Waals surface area (Å²) in [4.78, 5) is 0. The lowest BCUT2D eigenvalue weighted by molar-refractivity contribution is 0.219. The Morgan fingerprint density at radius 1 is 0.697 bits per heavy atom. The van der Waals surface area contributed by atoms with Crippen LogP contribution in [0.3, 0.4) is 0 Å². The molecule has 0 rings (SSSR count). The number of alkyl halides is 1. The summed E-state index contributed by atoms with van der Waals surface area (Å²) >= 11 is 3.19. The molecule has 0 aliphatic heterocycles. The average Bonchev–Trinajstić information content (AvgIpc) is 2.77. The lowest BCUT2D eigenvalue weighted by Gasteiger charge is -2.16. The fourth-order valence-electron chi connectivity index (χ4n) is 1.91. The fourth-order valence-corrected chi connectivity index (χ4v) is 6.09. The number of nitrogens with one attached hydrogen (secondary N) is 1. The molecule has 0 amide bonds. The zero-order valence-corrected chi connectivity index (χ0v) is 24.7. The second kappa shape index (κ2) is 32.6. The Hall–Kier alpha value is 0.580. The number of hydrogen-bond donors (Lipinski definition) is 5. The van der Waals surface area contributed by atoms with Crippen molar-refractivity contribution < 1.29 is 32.3 Å². The largest absolute Gasteiger partial charge is 0.400 e. The highest BCUT2D eigenvalue weighted by atomic mass is 79.9. The van der Waals surface area contributed by atoms with E-state index in [1.165, 1.54) is 0 Å². The Bertz CT molecular complexity index is 421. The van der Waals surface area contributed by atoms with Crippen molar-refractivity contribution in [3.8, 4) is 0 Å². The van der Waals surface area contributed by atoms with E-state index in [4.69, 9.17) is 40.4 Å². The first kappa shape index (κ1) is 40.7. The standard InChI is InChI=1S/C9H23N2O3P.C6H14BrO3P.C3H10N2.CH4O/c1-3-13-15(12,14-4-2)9-8-11-7-5-6-10;1-3-9-11(8,6-5-7)10-4-2;4-2-1-3-5;1-2/h11H,3-10H2,1-2H3;3-6H2,1-2H3;1-5H2;2H,1H3. The van der Waals surface area contributed by atoms with Gasteiger partial charge < -0.3 is 45.7 Å². The van der Waals surface area contributed by atoms with Crippen molar-refractivity contribution in [3.05, 3.63) is 0 Å². The molecule has 0 heterocycles. The van der Waals surface area contributed by atoms with E-state index in [0.29, 0.717) is 57.2 Å². The molecule has 0 atom stereocenters. The van der Waals surface area contributed by atoms with Crippen molar-refractivity contribution >= 4 is 31.1 Å². The van der Waals surface area contributed by atoms with E-state index in [-0.39, 0.29) is 0 Å². The van der Waals surface area contributed by atoms with Gasteiger partial charge in [-0.15, -0.1) is 0 Å². The molecule has 0 aromatic carbocycles. The zero-order valence-electron chi connectivity index (χ0n) is 21.3. The second-order valence-electron chi connectivity index (χ2n) is 5.85. The maximum atomic E-state index is 11.9. The first-order valence-electron chi connectivity index (χ1n) is 11.4. The summed E-state index contributed by atoms with van der Waals surface area (Å²) in [6, 6.07) is 0. The average molecular weight is 589 g/mol. The van der Waals surface area contributed by atoms with E-state index >= 15 is 0 Å². The van der Waals surface area contributed by atoms with E-state index in [1.54, 1.807) is 13.8 Å². The van der Waals surface area contributed by atoms with Gasteiger partial charge in [0.25, 0.3) is 0 Å². The van der Waals surface area contributed by atoms with Crippen LogP contribution in [0.2, 0.25) is 0 Å². The van der Waals surface area contributed by atoms with E-state index < -0.39 is 15.2 Å². The van der Waals surface area contributed by atoms with Gasteiger partial charge in [0, 0.05) is 19.0 Å². The highest BCUT2D eigenvalue weighted by molar-refractivity contribution is 9.09. The number of halogens is 1. The summed E-state index contributed by atoms with van der Waals surface area (Å²) in [7, 11) is -4.63. The Morgan fingerprint density at radius 2 is 1.06 bits per heavy atom. The van der Waals surface area contributed by atoms with Gasteiger partial charge >= 0.3 is 15.2 Å². The highest BCUT2D eigenvalue weighted by Gasteiger charge is 2.22. The molecule has 14 heteroatoms. The topological polar surface area (TPSA) is 181 Å². The van der Waals surface area contributed by atoms with Crippen LogP contribution in [0.25, 0.3) is 0 Å². The van der Waals surface area contributed by atoms with Crippen molar-refractivity contribution in [3.63, 3.8) is 0 Å². The van der Waals surface area contributed by atoms with Crippen LogP contribution >= 0.6 is 31.1 Å². The van der Waals surface area contributed by atoms with E-state index in [2.05, 4.69) is 21.2 Å². The quantitative estimate of drug-likeness (QED) is 0.0901. The summed E-state index contributed by atoms with van der Waals surface area (Å²) in [6.07, 6.45) is 2.72. The molecule has 33 heavy (non-hydrogen) atoms. The molecule has 8 N–H and O–H groups in total. The lowest BCUT2D eigenvalue weighted by atomic mass is 10.4. The van der Waals surface area contributed by atoms with Crippen molar-refractivity contribution in [1.29, 1.82) is 0 Å². The van der Waals surface area contributed by atoms with Crippen LogP contribution in [0, 0.1) is 0 Å². The maximum absolute atomic E-state index is 11.9. The third kappa shape index (κ3) is 32.6. The van der Waals surface area contributed by atoms with Crippen LogP contribution in [0.4, 0.5) is 0 Å². The minimum atomic E-state index is -2.86. The highest BCUT2D eigenvalue weighted by Crippen LogP contribution is 2.48. The van der Waals surface area contributed by atoms with Crippen molar-refractivity contribution in [1.82, 2.24) is 5.32 Å². The van der Waals surface area contributed by atoms with Gasteiger partial charge in [0.15, 0.2) is 0 Å². The molecule has 0 aliphatic rings. The molecule has 0 unspecified atom stereocenters. The Kier molecular flexibility index (Phi) is 40.2. The van der Waals surface area contributed by atoms with Crippen molar-refractivity contribution in [2.24, 2.45) is 17.2 Å². The zero-order chi connectivity index (χ0) is 26.4. The molecule has 0 aromatic rings. The maximum Gasteiger partial charge on any atom is 0.331 e. The van der Waals surface area contributed by atoms with Gasteiger partial charge in [-0.2, -0.15) is 0 Å². The summed E-state index contributed by atoms with van der Waals surface area (Å²) in [5, 5.41) is 10.8. The van der Waals surface area contributed by atoms with Gasteiger partial charge in [-0.25, -0.2) is 0 Å². The number of aliphatic hydroxyl groups excluding tert-OH is 1. The van der Waals surface area contributed by atoms with Gasteiger partial charge in [0.1, 0.15) is 0 Å². The fraction of sp³-hybridized carbons (Fsp3) is 1.00. The Morgan fingerprint density at radius 3 is 1.33 bits per heavy atom. The molecular weight excluding hydrogens is 538 g/mol. The predicted octanol–water partition coefficient (Wildman–Crippen LogP) is 2.74. The monoisotopic (exact) mass is 588 g/mol. The lowest BCUT2D eigenvalue weighted by Crippen LogP contribution is -2.22. The number of hydrogen-bond acceptors (Lipinski definition) is 11. The minimum absolute atomic E-state index is 0.416. The second-order valence-corrected chi connectivity index (χ2v) is 11.0. The molecule has 0 saturated heterocycles. The smallest absolute Gasteiger partial charge is 0.331 e. The Labute approximate surface area is 210 Å². The van der Waals surface area contributed by atoms with Gasteiger partial charge in [-0.1, -0.05) is 15.9 Å². The van der Waals surface area contributed by atoms with E-state index in [1.807, 2.05) is 13.8 Å². The SMILES string of the molecule is CCOP(=O)(CCBr)OCC.CCOP(=O)(CCNCCCN)OCC.CO.NCCCN. The first-order chi connectivity index (χ1) is 15.8. The van der Waals surface area contributed by atoms with Crippen LogP contribution in [-0.4, -0.2) is 89.0 Å². The molecule has 0 saturated carbocycles. The molecule has 0 radical (unpaired) electrons. The van der Waals surface area contributed by atoms with Gasteiger partial charge in [0.2, 0.25) is 0 Å². The molecule has 0 spiro atoms. The molecule has 0 aromatic heterocycles. The van der Waals surface area contributed by atoms with Crippen molar-refractivity contribution in [2.45, 2.75) is 40.5 Å². The van der Waals surface area contributed by atoms with Gasteiger partial charge in [-0.3, -0.25) is 9.13 Å². The van der Waals surface area contributed by atoms with E-state index in [9.17, 15) is 9.13 Å². The summed E-state index contributed by atoms with van der Waals surface area (Å²) in [6.45, 7) is 12.5. The number of nitrogens with two attached hydrogens (primary N) is 3. The first-order valence-corrected chi connectivity index (χ1v) is 15.9. The number of aliphatic hydroxyl groups is 1. The molecule has 0 bridgehead atoms. The predicted molar refractivity (Wildman–Crippen MR) is 143 cm³/mol. The summed E-state index contributed by atoms with van der Waals surface area (Å²) in [5.41, 5.74) is 15.5.